The van der Waals surface area contributed by atoms with Gasteiger partial charge in [-0.1, -0.05) is 27.7 Å². The van der Waals surface area contributed by atoms with Crippen molar-refractivity contribution in [1.29, 1.82) is 0 Å². The third-order valence-corrected chi connectivity index (χ3v) is 4.38. The molecule has 32 heavy (non-hydrogen) atoms. The first-order chi connectivity index (χ1) is 14.8. The summed E-state index contributed by atoms with van der Waals surface area (Å²) < 4.78 is 0. The van der Waals surface area contributed by atoms with Gasteiger partial charge in [-0.3, -0.25) is 24.0 Å². The summed E-state index contributed by atoms with van der Waals surface area (Å²) in [6.45, 7) is 7.50. The van der Waals surface area contributed by atoms with Crippen LogP contribution in [0, 0.1) is 11.8 Å². The Morgan fingerprint density at radius 3 is 1.75 bits per heavy atom. The summed E-state index contributed by atoms with van der Waals surface area (Å²) in [6, 6.07) is -4.17. The van der Waals surface area contributed by atoms with Crippen LogP contribution in [0.5, 0.6) is 0 Å². The number of carboxylic acid groups (broad SMARTS) is 1. The van der Waals surface area contributed by atoms with Gasteiger partial charge < -0.3 is 37.2 Å². The zero-order valence-electron chi connectivity index (χ0n) is 19.3. The van der Waals surface area contributed by atoms with Gasteiger partial charge in [0.1, 0.15) is 24.7 Å². The van der Waals surface area contributed by atoms with Crippen molar-refractivity contribution in [2.24, 2.45) is 17.6 Å². The van der Waals surface area contributed by atoms with E-state index in [4.69, 9.17) is 10.8 Å². The molecule has 184 valence electrons. The van der Waals surface area contributed by atoms with Gasteiger partial charge >= 0.3 is 5.97 Å². The van der Waals surface area contributed by atoms with E-state index in [0.717, 1.165) is 0 Å². The molecule has 4 atom stereocenters. The van der Waals surface area contributed by atoms with Crippen molar-refractivity contribution >= 4 is 29.6 Å². The first kappa shape index (κ1) is 29.3. The second-order valence-corrected chi connectivity index (χ2v) is 8.51. The number of carboxylic acids is 1. The Hall–Kier alpha value is -2.73. The van der Waals surface area contributed by atoms with E-state index < -0.39 is 66.9 Å². The van der Waals surface area contributed by atoms with Crippen LogP contribution < -0.4 is 27.0 Å². The van der Waals surface area contributed by atoms with Gasteiger partial charge in [0, 0.05) is 0 Å². The Kier molecular flexibility index (Phi) is 13.1. The Bertz CT molecular complexity index is 669. The zero-order chi connectivity index (χ0) is 25.0. The molecule has 12 nitrogen and oxygen atoms in total. The van der Waals surface area contributed by atoms with Crippen LogP contribution in [0.4, 0.5) is 0 Å². The van der Waals surface area contributed by atoms with Crippen molar-refractivity contribution in [3.8, 4) is 0 Å². The smallest absolute Gasteiger partial charge is 0.322 e. The summed E-state index contributed by atoms with van der Waals surface area (Å²) in [5.74, 6) is -3.80. The third kappa shape index (κ3) is 11.6. The van der Waals surface area contributed by atoms with Crippen molar-refractivity contribution in [2.45, 2.75) is 71.6 Å². The van der Waals surface area contributed by atoms with Crippen molar-refractivity contribution < 1.29 is 34.2 Å². The standard InChI is InChI=1S/C20H37N5O7/c1-10(2)6-13(21)18(30)23-12(5)17(29)24-14(7-11(3)4)20(32)25-15(9-26)19(31)22-8-16(27)28/h10-15,26H,6-9,21H2,1-5H3,(H,22,31)(H,23,30)(H,24,29)(H,25,32)(H,27,28)/t12-,13-,14-,15-/m0/s1. The minimum Gasteiger partial charge on any atom is -0.480 e. The maximum absolute atomic E-state index is 12.7. The highest BCUT2D eigenvalue weighted by molar-refractivity contribution is 5.95. The average molecular weight is 460 g/mol. The molecule has 12 heteroatoms. The quantitative estimate of drug-likeness (QED) is 0.156. The fraction of sp³-hybridized carbons (Fsp3) is 0.750. The molecule has 0 aromatic heterocycles. The van der Waals surface area contributed by atoms with Crippen LogP contribution in [0.2, 0.25) is 0 Å². The average Bonchev–Trinajstić information content (AvgIpc) is 2.68. The van der Waals surface area contributed by atoms with E-state index in [9.17, 15) is 29.1 Å². The molecule has 0 saturated heterocycles. The number of amides is 4. The van der Waals surface area contributed by atoms with Crippen molar-refractivity contribution in [3.05, 3.63) is 0 Å². The Balaban J connectivity index is 5.10. The fourth-order valence-corrected chi connectivity index (χ4v) is 2.75. The van der Waals surface area contributed by atoms with Crippen LogP contribution >= 0.6 is 0 Å². The van der Waals surface area contributed by atoms with Gasteiger partial charge in [-0.2, -0.15) is 0 Å². The van der Waals surface area contributed by atoms with Gasteiger partial charge in [-0.05, 0) is 31.6 Å². The van der Waals surface area contributed by atoms with E-state index in [1.54, 1.807) is 0 Å². The van der Waals surface area contributed by atoms with Crippen LogP contribution in [0.3, 0.4) is 0 Å². The number of carbonyl (C=O) groups excluding carboxylic acids is 4. The number of nitrogens with two attached hydrogens (primary N) is 1. The minimum atomic E-state index is -1.39. The molecular weight excluding hydrogens is 422 g/mol. The highest BCUT2D eigenvalue weighted by atomic mass is 16.4. The number of carbonyl (C=O) groups is 5. The molecule has 0 spiro atoms. The lowest BCUT2D eigenvalue weighted by molar-refractivity contribution is -0.139. The Morgan fingerprint density at radius 1 is 0.750 bits per heavy atom. The molecule has 0 heterocycles. The monoisotopic (exact) mass is 459 g/mol. The summed E-state index contributed by atoms with van der Waals surface area (Å²) in [4.78, 5) is 59.9. The number of nitrogens with one attached hydrogen (secondary N) is 4. The molecule has 0 rings (SSSR count). The molecule has 0 aliphatic heterocycles. The number of hydrogen-bond acceptors (Lipinski definition) is 7. The van der Waals surface area contributed by atoms with E-state index in [1.807, 2.05) is 27.7 Å². The second-order valence-electron chi connectivity index (χ2n) is 8.51. The number of hydrogen-bond donors (Lipinski definition) is 7. The van der Waals surface area contributed by atoms with Crippen molar-refractivity contribution in [1.82, 2.24) is 21.3 Å². The number of aliphatic hydroxyl groups is 1. The SMILES string of the molecule is CC(C)C[C@H](NC(=O)[C@H](C)NC(=O)[C@@H](N)CC(C)C)C(=O)N[C@@H](CO)C(=O)NCC(=O)O. The third-order valence-electron chi connectivity index (χ3n) is 4.38. The molecule has 0 aliphatic rings. The fourth-order valence-electron chi connectivity index (χ4n) is 2.75. The summed E-state index contributed by atoms with van der Waals surface area (Å²) in [5, 5.41) is 27.4. The van der Waals surface area contributed by atoms with Gasteiger partial charge in [0.2, 0.25) is 23.6 Å². The molecule has 0 bridgehead atoms. The first-order valence-corrected chi connectivity index (χ1v) is 10.5. The highest BCUT2D eigenvalue weighted by Crippen LogP contribution is 2.07. The molecule has 4 amide bonds. The Morgan fingerprint density at radius 2 is 1.28 bits per heavy atom. The topological polar surface area (TPSA) is 200 Å². The molecule has 0 aromatic carbocycles. The van der Waals surface area contributed by atoms with Gasteiger partial charge in [0.05, 0.1) is 12.6 Å². The maximum atomic E-state index is 12.7. The minimum absolute atomic E-state index is 0.0103. The maximum Gasteiger partial charge on any atom is 0.322 e. The summed E-state index contributed by atoms with van der Waals surface area (Å²) in [5.41, 5.74) is 5.82. The van der Waals surface area contributed by atoms with Crippen LogP contribution in [0.1, 0.15) is 47.5 Å². The molecule has 0 fully saturated rings. The van der Waals surface area contributed by atoms with Gasteiger partial charge in [-0.25, -0.2) is 0 Å². The predicted molar refractivity (Wildman–Crippen MR) is 116 cm³/mol. The van der Waals surface area contributed by atoms with E-state index in [-0.39, 0.29) is 18.3 Å². The molecule has 0 aromatic rings. The summed E-state index contributed by atoms with van der Waals surface area (Å²) in [7, 11) is 0. The first-order valence-electron chi connectivity index (χ1n) is 10.5. The highest BCUT2D eigenvalue weighted by Gasteiger charge is 2.29. The van der Waals surface area contributed by atoms with Crippen LogP contribution in [-0.2, 0) is 24.0 Å². The van der Waals surface area contributed by atoms with E-state index in [2.05, 4.69) is 21.3 Å². The number of rotatable bonds is 14. The van der Waals surface area contributed by atoms with Crippen LogP contribution in [0.25, 0.3) is 0 Å². The van der Waals surface area contributed by atoms with E-state index in [0.29, 0.717) is 6.42 Å². The van der Waals surface area contributed by atoms with Gasteiger partial charge in [0.25, 0.3) is 0 Å². The molecule has 0 radical (unpaired) electrons. The molecule has 0 saturated carbocycles. The van der Waals surface area contributed by atoms with E-state index in [1.165, 1.54) is 6.92 Å². The van der Waals surface area contributed by atoms with Crippen LogP contribution in [-0.4, -0.2) is 77.1 Å². The molecule has 0 aliphatic carbocycles. The number of aliphatic carboxylic acids is 1. The Labute approximate surface area is 188 Å². The lowest BCUT2D eigenvalue weighted by Gasteiger charge is -2.25. The van der Waals surface area contributed by atoms with E-state index >= 15 is 0 Å². The normalized spacial score (nSPS) is 14.8. The van der Waals surface area contributed by atoms with Gasteiger partial charge in [-0.15, -0.1) is 0 Å². The summed E-state index contributed by atoms with van der Waals surface area (Å²) in [6.07, 6.45) is 0.672. The molecule has 8 N–H and O–H groups in total. The van der Waals surface area contributed by atoms with Gasteiger partial charge in [0.15, 0.2) is 0 Å². The van der Waals surface area contributed by atoms with Crippen LogP contribution in [0.15, 0.2) is 0 Å². The van der Waals surface area contributed by atoms with Crippen molar-refractivity contribution in [3.63, 3.8) is 0 Å². The van der Waals surface area contributed by atoms with Crippen molar-refractivity contribution in [2.75, 3.05) is 13.2 Å². The predicted octanol–water partition coefficient (Wildman–Crippen LogP) is -1.93. The number of aliphatic hydroxyl groups excluding tert-OH is 1. The lowest BCUT2D eigenvalue weighted by Crippen LogP contribution is -2.58. The zero-order valence-corrected chi connectivity index (χ0v) is 19.3. The largest absolute Gasteiger partial charge is 0.480 e. The molecule has 0 unspecified atom stereocenters. The lowest BCUT2D eigenvalue weighted by atomic mass is 10.0. The molecular formula is C20H37N5O7. The summed E-state index contributed by atoms with van der Waals surface area (Å²) >= 11 is 0. The second kappa shape index (κ2) is 14.4.